The van der Waals surface area contributed by atoms with Gasteiger partial charge in [0, 0.05) is 56.3 Å². The summed E-state index contributed by atoms with van der Waals surface area (Å²) in [6.07, 6.45) is 2.27. The fourth-order valence-electron chi connectivity index (χ4n) is 6.15. The first-order chi connectivity index (χ1) is 18.0. The summed E-state index contributed by atoms with van der Waals surface area (Å²) in [4.78, 5) is 35.5. The lowest BCUT2D eigenvalue weighted by atomic mass is 9.84. The van der Waals surface area contributed by atoms with Crippen molar-refractivity contribution in [3.63, 3.8) is 0 Å². The van der Waals surface area contributed by atoms with Crippen LogP contribution in [0.1, 0.15) is 51.5 Å². The number of fused-ring (bicyclic) bond motifs is 1. The van der Waals surface area contributed by atoms with E-state index < -0.39 is 0 Å². The molecule has 0 spiro atoms. The summed E-state index contributed by atoms with van der Waals surface area (Å²) in [7, 11) is 1.53. The maximum absolute atomic E-state index is 13.7. The SMILES string of the molecule is COCC(=O)N1CCN(C(=O)c2[nH]c3ccccc3c2CN2CCC(c3c(C)cccc3C)CC2)CC1. The van der Waals surface area contributed by atoms with Gasteiger partial charge in [0.05, 0.1) is 0 Å². The molecule has 196 valence electrons. The van der Waals surface area contributed by atoms with Gasteiger partial charge in [-0.2, -0.15) is 0 Å². The minimum Gasteiger partial charge on any atom is -0.375 e. The first-order valence-corrected chi connectivity index (χ1v) is 13.4. The van der Waals surface area contributed by atoms with E-state index in [0.717, 1.165) is 48.9 Å². The van der Waals surface area contributed by atoms with Gasteiger partial charge < -0.3 is 19.5 Å². The second-order valence-corrected chi connectivity index (χ2v) is 10.5. The highest BCUT2D eigenvalue weighted by Gasteiger charge is 2.29. The molecule has 1 N–H and O–H groups in total. The minimum absolute atomic E-state index is 0.0230. The Hall–Kier alpha value is -3.16. The second-order valence-electron chi connectivity index (χ2n) is 10.5. The van der Waals surface area contributed by atoms with Crippen molar-refractivity contribution < 1.29 is 14.3 Å². The van der Waals surface area contributed by atoms with Gasteiger partial charge in [-0.25, -0.2) is 0 Å². The number of piperidine rings is 1. The quantitative estimate of drug-likeness (QED) is 0.551. The summed E-state index contributed by atoms with van der Waals surface area (Å²) in [6, 6.07) is 14.8. The molecule has 3 aromatic rings. The molecule has 2 amide bonds. The van der Waals surface area contributed by atoms with E-state index in [9.17, 15) is 9.59 Å². The fourth-order valence-corrected chi connectivity index (χ4v) is 6.15. The number of amides is 2. The van der Waals surface area contributed by atoms with Crippen LogP contribution in [0.4, 0.5) is 0 Å². The number of aryl methyl sites for hydroxylation is 2. The van der Waals surface area contributed by atoms with Gasteiger partial charge in [0.15, 0.2) is 0 Å². The second kappa shape index (κ2) is 11.1. The molecule has 0 unspecified atom stereocenters. The number of nitrogens with zero attached hydrogens (tertiary/aromatic N) is 3. The Labute approximate surface area is 219 Å². The smallest absolute Gasteiger partial charge is 0.270 e. The van der Waals surface area contributed by atoms with E-state index in [1.807, 2.05) is 23.1 Å². The molecule has 2 aliphatic heterocycles. The number of ether oxygens (including phenoxy) is 1. The Balaban J connectivity index is 1.30. The van der Waals surface area contributed by atoms with Gasteiger partial charge in [0.1, 0.15) is 12.3 Å². The number of carbonyl (C=O) groups excluding carboxylic acids is 2. The predicted octanol–water partition coefficient (Wildman–Crippen LogP) is 4.10. The van der Waals surface area contributed by atoms with Crippen molar-refractivity contribution in [2.75, 3.05) is 53.0 Å². The number of aromatic nitrogens is 1. The number of benzene rings is 2. The number of carbonyl (C=O) groups is 2. The molecule has 0 bridgehead atoms. The highest BCUT2D eigenvalue weighted by atomic mass is 16.5. The van der Waals surface area contributed by atoms with E-state index in [-0.39, 0.29) is 18.4 Å². The molecular weight excluding hydrogens is 464 g/mol. The van der Waals surface area contributed by atoms with Gasteiger partial charge in [0.25, 0.3) is 5.91 Å². The first kappa shape index (κ1) is 25.5. The number of aromatic amines is 1. The van der Waals surface area contributed by atoms with Gasteiger partial charge in [-0.1, -0.05) is 36.4 Å². The van der Waals surface area contributed by atoms with E-state index in [1.165, 1.54) is 23.8 Å². The van der Waals surface area contributed by atoms with E-state index in [0.29, 0.717) is 37.8 Å². The van der Waals surface area contributed by atoms with Crippen molar-refractivity contribution in [3.8, 4) is 0 Å². The van der Waals surface area contributed by atoms with E-state index >= 15 is 0 Å². The maximum atomic E-state index is 13.7. The zero-order valence-electron chi connectivity index (χ0n) is 22.3. The zero-order chi connectivity index (χ0) is 25.9. The standard InChI is InChI=1S/C30H38N4O3/c1-21-7-6-8-22(2)28(21)23-11-13-32(14-12-23)19-25-24-9-4-5-10-26(24)31-29(25)30(36)34-17-15-33(16-18-34)27(35)20-37-3/h4-10,23,31H,11-20H2,1-3H3. The molecule has 0 atom stereocenters. The monoisotopic (exact) mass is 502 g/mol. The minimum atomic E-state index is -0.0230. The van der Waals surface area contributed by atoms with Crippen molar-refractivity contribution >= 4 is 22.7 Å². The predicted molar refractivity (Wildman–Crippen MR) is 146 cm³/mol. The number of hydrogen-bond donors (Lipinski definition) is 1. The number of para-hydroxylation sites is 1. The fraction of sp³-hybridized carbons (Fsp3) is 0.467. The van der Waals surface area contributed by atoms with Crippen LogP contribution in [-0.4, -0.2) is 84.5 Å². The third kappa shape index (κ3) is 5.29. The van der Waals surface area contributed by atoms with Gasteiger partial charge in [0.2, 0.25) is 5.91 Å². The van der Waals surface area contributed by atoms with Gasteiger partial charge in [-0.3, -0.25) is 14.5 Å². The zero-order valence-corrected chi connectivity index (χ0v) is 22.3. The number of methoxy groups -OCH3 is 1. The molecule has 37 heavy (non-hydrogen) atoms. The Morgan fingerprint density at radius 1 is 0.892 bits per heavy atom. The number of piperazine rings is 1. The highest BCUT2D eigenvalue weighted by molar-refractivity contribution is 6.01. The Morgan fingerprint density at radius 2 is 1.54 bits per heavy atom. The van der Waals surface area contributed by atoms with Crippen LogP contribution in [-0.2, 0) is 16.1 Å². The van der Waals surface area contributed by atoms with Crippen LogP contribution in [0.5, 0.6) is 0 Å². The van der Waals surface area contributed by atoms with Crippen molar-refractivity contribution in [2.24, 2.45) is 0 Å². The molecule has 2 fully saturated rings. The summed E-state index contributed by atoms with van der Waals surface area (Å²) in [5.41, 5.74) is 7.09. The Bertz CT molecular complexity index is 1250. The van der Waals surface area contributed by atoms with Crippen LogP contribution in [0.2, 0.25) is 0 Å². The van der Waals surface area contributed by atoms with E-state index in [2.05, 4.69) is 48.0 Å². The molecule has 7 nitrogen and oxygen atoms in total. The normalized spacial score (nSPS) is 17.5. The molecule has 2 aromatic carbocycles. The van der Waals surface area contributed by atoms with Crippen LogP contribution in [0.25, 0.3) is 10.9 Å². The summed E-state index contributed by atoms with van der Waals surface area (Å²) >= 11 is 0. The molecule has 1 aromatic heterocycles. The molecule has 2 aliphatic rings. The van der Waals surface area contributed by atoms with Gasteiger partial charge in [-0.05, 0) is 68.5 Å². The highest BCUT2D eigenvalue weighted by Crippen LogP contribution is 2.34. The van der Waals surface area contributed by atoms with Crippen LogP contribution in [0, 0.1) is 13.8 Å². The van der Waals surface area contributed by atoms with Gasteiger partial charge in [-0.15, -0.1) is 0 Å². The largest absolute Gasteiger partial charge is 0.375 e. The third-order valence-corrected chi connectivity index (χ3v) is 8.13. The lowest BCUT2D eigenvalue weighted by Crippen LogP contribution is -2.51. The molecule has 3 heterocycles. The topological polar surface area (TPSA) is 68.9 Å². The Morgan fingerprint density at radius 3 is 2.22 bits per heavy atom. The average molecular weight is 503 g/mol. The molecule has 7 heteroatoms. The molecule has 2 saturated heterocycles. The first-order valence-electron chi connectivity index (χ1n) is 13.4. The van der Waals surface area contributed by atoms with Crippen LogP contribution < -0.4 is 0 Å². The molecule has 5 rings (SSSR count). The van der Waals surface area contributed by atoms with Crippen molar-refractivity contribution in [1.82, 2.24) is 19.7 Å². The molecule has 0 radical (unpaired) electrons. The van der Waals surface area contributed by atoms with E-state index in [1.54, 1.807) is 4.90 Å². The van der Waals surface area contributed by atoms with Crippen molar-refractivity contribution in [1.29, 1.82) is 0 Å². The lowest BCUT2D eigenvalue weighted by Gasteiger charge is -2.35. The molecular formula is C30H38N4O3. The number of rotatable bonds is 6. The van der Waals surface area contributed by atoms with Crippen molar-refractivity contribution in [3.05, 3.63) is 70.4 Å². The summed E-state index contributed by atoms with van der Waals surface area (Å²) in [5, 5.41) is 1.12. The summed E-state index contributed by atoms with van der Waals surface area (Å²) in [5.74, 6) is 0.597. The van der Waals surface area contributed by atoms with Crippen LogP contribution >= 0.6 is 0 Å². The van der Waals surface area contributed by atoms with E-state index in [4.69, 9.17) is 4.74 Å². The summed E-state index contributed by atoms with van der Waals surface area (Å²) < 4.78 is 4.98. The van der Waals surface area contributed by atoms with Crippen molar-refractivity contribution in [2.45, 2.75) is 39.2 Å². The third-order valence-electron chi connectivity index (χ3n) is 8.13. The maximum Gasteiger partial charge on any atom is 0.270 e. The average Bonchev–Trinajstić information content (AvgIpc) is 3.27. The van der Waals surface area contributed by atoms with Crippen LogP contribution in [0.15, 0.2) is 42.5 Å². The Kier molecular flexibility index (Phi) is 7.63. The number of H-pyrrole nitrogens is 1. The van der Waals surface area contributed by atoms with Crippen LogP contribution in [0.3, 0.4) is 0 Å². The molecule has 0 aliphatic carbocycles. The summed E-state index contributed by atoms with van der Waals surface area (Å²) in [6.45, 7) is 9.48. The number of nitrogens with one attached hydrogen (secondary N) is 1. The van der Waals surface area contributed by atoms with Gasteiger partial charge >= 0.3 is 0 Å². The lowest BCUT2D eigenvalue weighted by molar-refractivity contribution is -0.136. The molecule has 0 saturated carbocycles. The number of likely N-dealkylation sites (tertiary alicyclic amines) is 1. The number of hydrogen-bond acceptors (Lipinski definition) is 4.